The minimum absolute atomic E-state index is 0.0192. The number of rotatable bonds is 7. The standard InChI is InChI=1S/C22H27FN4O2/c1-2-17-4-3-5-20(14-17)25-22(29)16-27-12-10-26(11-13-27)15-21(28)24-19-8-6-18(23)7-9-19/h3-9,14H,2,10-13,15-16H2,1H3,(H,24,28)(H,25,29)/p+2. The van der Waals surface area contributed by atoms with Gasteiger partial charge in [-0.1, -0.05) is 19.1 Å². The van der Waals surface area contributed by atoms with Crippen LogP contribution in [0.4, 0.5) is 15.8 Å². The molecule has 1 saturated heterocycles. The summed E-state index contributed by atoms with van der Waals surface area (Å²) in [6.45, 7) is 6.28. The minimum Gasteiger partial charge on any atom is -0.321 e. The third kappa shape index (κ3) is 6.66. The molecule has 1 aliphatic rings. The zero-order valence-corrected chi connectivity index (χ0v) is 16.8. The Kier molecular flexibility index (Phi) is 7.32. The van der Waals surface area contributed by atoms with Gasteiger partial charge >= 0.3 is 0 Å². The lowest BCUT2D eigenvalue weighted by atomic mass is 10.1. The van der Waals surface area contributed by atoms with E-state index in [9.17, 15) is 14.0 Å². The summed E-state index contributed by atoms with van der Waals surface area (Å²) in [6, 6.07) is 13.7. The highest BCUT2D eigenvalue weighted by Gasteiger charge is 2.26. The quantitative estimate of drug-likeness (QED) is 0.518. The smallest absolute Gasteiger partial charge is 0.279 e. The molecule has 1 fully saturated rings. The van der Waals surface area contributed by atoms with E-state index in [-0.39, 0.29) is 17.6 Å². The predicted molar refractivity (Wildman–Crippen MR) is 111 cm³/mol. The first-order valence-corrected chi connectivity index (χ1v) is 10.1. The number of quaternary nitrogens is 2. The van der Waals surface area contributed by atoms with Crippen molar-refractivity contribution in [3.8, 4) is 0 Å². The van der Waals surface area contributed by atoms with Crippen LogP contribution < -0.4 is 20.4 Å². The van der Waals surface area contributed by atoms with Crippen LogP contribution in [0.1, 0.15) is 12.5 Å². The highest BCUT2D eigenvalue weighted by Crippen LogP contribution is 2.10. The van der Waals surface area contributed by atoms with Crippen molar-refractivity contribution in [2.75, 3.05) is 49.9 Å². The molecule has 0 aliphatic carbocycles. The molecule has 1 aliphatic heterocycles. The summed E-state index contributed by atoms with van der Waals surface area (Å²) in [4.78, 5) is 27.0. The monoisotopic (exact) mass is 400 g/mol. The Labute approximate surface area is 170 Å². The largest absolute Gasteiger partial charge is 0.321 e. The van der Waals surface area contributed by atoms with Crippen molar-refractivity contribution in [3.63, 3.8) is 0 Å². The molecule has 2 aromatic rings. The molecule has 154 valence electrons. The van der Waals surface area contributed by atoms with Crippen LogP contribution >= 0.6 is 0 Å². The normalized spacial score (nSPS) is 18.8. The highest BCUT2D eigenvalue weighted by atomic mass is 19.1. The van der Waals surface area contributed by atoms with E-state index in [0.29, 0.717) is 18.8 Å². The molecule has 0 bridgehead atoms. The first-order chi connectivity index (χ1) is 14.0. The Morgan fingerprint density at radius 3 is 1.97 bits per heavy atom. The van der Waals surface area contributed by atoms with Gasteiger partial charge in [-0.3, -0.25) is 9.59 Å². The maximum atomic E-state index is 12.9. The average molecular weight is 400 g/mol. The fraction of sp³-hybridized carbons (Fsp3) is 0.364. The topological polar surface area (TPSA) is 67.1 Å². The van der Waals surface area contributed by atoms with Gasteiger partial charge in [0.2, 0.25) is 0 Å². The summed E-state index contributed by atoms with van der Waals surface area (Å²) in [5.74, 6) is -0.385. The summed E-state index contributed by atoms with van der Waals surface area (Å²) in [7, 11) is 0. The van der Waals surface area contributed by atoms with Gasteiger partial charge < -0.3 is 20.4 Å². The van der Waals surface area contributed by atoms with Crippen molar-refractivity contribution in [3.05, 3.63) is 59.9 Å². The molecule has 4 N–H and O–H groups in total. The Morgan fingerprint density at radius 1 is 0.862 bits per heavy atom. The van der Waals surface area contributed by atoms with Gasteiger partial charge in [-0.05, 0) is 48.4 Å². The predicted octanol–water partition coefficient (Wildman–Crippen LogP) is -0.251. The number of anilines is 2. The maximum Gasteiger partial charge on any atom is 0.279 e. The van der Waals surface area contributed by atoms with E-state index in [1.807, 2.05) is 18.2 Å². The molecular weight excluding hydrogens is 371 g/mol. The molecule has 0 atom stereocenters. The molecule has 0 saturated carbocycles. The molecule has 2 amide bonds. The number of benzene rings is 2. The van der Waals surface area contributed by atoms with Crippen LogP contribution in [-0.4, -0.2) is 51.1 Å². The fourth-order valence-corrected chi connectivity index (χ4v) is 3.58. The van der Waals surface area contributed by atoms with E-state index >= 15 is 0 Å². The van der Waals surface area contributed by atoms with E-state index in [1.54, 1.807) is 12.1 Å². The Hall–Kier alpha value is -2.77. The van der Waals surface area contributed by atoms with Crippen LogP contribution in [0.2, 0.25) is 0 Å². The summed E-state index contributed by atoms with van der Waals surface area (Å²) in [6.07, 6.45) is 0.939. The fourth-order valence-electron chi connectivity index (χ4n) is 3.58. The number of carbonyl (C=O) groups excluding carboxylic acids is 2. The van der Waals surface area contributed by atoms with Crippen LogP contribution in [0.25, 0.3) is 0 Å². The summed E-state index contributed by atoms with van der Waals surface area (Å²) in [5, 5.41) is 5.78. The molecule has 0 unspecified atom stereocenters. The first kappa shape index (κ1) is 21.0. The van der Waals surface area contributed by atoms with Gasteiger partial charge in [-0.2, -0.15) is 0 Å². The van der Waals surface area contributed by atoms with Gasteiger partial charge in [-0.25, -0.2) is 4.39 Å². The molecule has 0 spiro atoms. The minimum atomic E-state index is -0.324. The molecule has 0 radical (unpaired) electrons. The number of carbonyl (C=O) groups is 2. The lowest BCUT2D eigenvalue weighted by Gasteiger charge is -2.29. The highest BCUT2D eigenvalue weighted by molar-refractivity contribution is 5.92. The number of amides is 2. The lowest BCUT2D eigenvalue weighted by molar-refractivity contribution is -1.00. The Bertz CT molecular complexity index is 833. The third-order valence-corrected chi connectivity index (χ3v) is 5.23. The second-order valence-corrected chi connectivity index (χ2v) is 7.51. The van der Waals surface area contributed by atoms with Crippen molar-refractivity contribution in [2.45, 2.75) is 13.3 Å². The van der Waals surface area contributed by atoms with Crippen LogP contribution in [-0.2, 0) is 16.0 Å². The molecule has 29 heavy (non-hydrogen) atoms. The van der Waals surface area contributed by atoms with E-state index in [2.05, 4.69) is 23.6 Å². The zero-order chi connectivity index (χ0) is 20.6. The molecule has 3 rings (SSSR count). The molecule has 0 aromatic heterocycles. The summed E-state index contributed by atoms with van der Waals surface area (Å²) >= 11 is 0. The second kappa shape index (κ2) is 10.1. The van der Waals surface area contributed by atoms with E-state index in [0.717, 1.165) is 38.3 Å². The van der Waals surface area contributed by atoms with Gasteiger partial charge in [0.15, 0.2) is 13.1 Å². The van der Waals surface area contributed by atoms with Gasteiger partial charge in [0.05, 0.1) is 0 Å². The Morgan fingerprint density at radius 2 is 1.41 bits per heavy atom. The molecule has 2 aromatic carbocycles. The number of nitrogens with one attached hydrogen (secondary N) is 4. The number of aryl methyl sites for hydroxylation is 1. The first-order valence-electron chi connectivity index (χ1n) is 10.1. The van der Waals surface area contributed by atoms with Gasteiger partial charge in [0.25, 0.3) is 11.8 Å². The number of piperazine rings is 1. The second-order valence-electron chi connectivity index (χ2n) is 7.51. The van der Waals surface area contributed by atoms with E-state index in [4.69, 9.17) is 0 Å². The zero-order valence-electron chi connectivity index (χ0n) is 16.8. The molecular formula is C22H29FN4O2+2. The average Bonchev–Trinajstić information content (AvgIpc) is 2.71. The number of halogens is 1. The van der Waals surface area contributed by atoms with Crippen molar-refractivity contribution in [1.82, 2.24) is 0 Å². The van der Waals surface area contributed by atoms with E-state index in [1.165, 1.54) is 27.5 Å². The third-order valence-electron chi connectivity index (χ3n) is 5.23. The maximum absolute atomic E-state index is 12.9. The van der Waals surface area contributed by atoms with Crippen LogP contribution in [0.15, 0.2) is 48.5 Å². The van der Waals surface area contributed by atoms with Gasteiger partial charge in [0, 0.05) is 11.4 Å². The van der Waals surface area contributed by atoms with E-state index < -0.39 is 0 Å². The number of hydrogen-bond donors (Lipinski definition) is 4. The van der Waals surface area contributed by atoms with Gasteiger partial charge in [-0.15, -0.1) is 0 Å². The van der Waals surface area contributed by atoms with Crippen molar-refractivity contribution >= 4 is 23.2 Å². The van der Waals surface area contributed by atoms with Crippen molar-refractivity contribution in [1.29, 1.82) is 0 Å². The SMILES string of the molecule is CCc1cccc(NC(=O)C[NH+]2CC[NH+](CC(=O)Nc3ccc(F)cc3)CC2)c1. The molecule has 6 nitrogen and oxygen atoms in total. The number of hydrogen-bond acceptors (Lipinski definition) is 2. The molecule has 7 heteroatoms. The lowest BCUT2D eigenvalue weighted by Crippen LogP contribution is -3.28. The summed E-state index contributed by atoms with van der Waals surface area (Å²) in [5.41, 5.74) is 2.64. The van der Waals surface area contributed by atoms with Crippen LogP contribution in [0, 0.1) is 5.82 Å². The van der Waals surface area contributed by atoms with Crippen molar-refractivity contribution in [2.24, 2.45) is 0 Å². The van der Waals surface area contributed by atoms with Crippen LogP contribution in [0.5, 0.6) is 0 Å². The summed E-state index contributed by atoms with van der Waals surface area (Å²) < 4.78 is 12.9. The van der Waals surface area contributed by atoms with Gasteiger partial charge in [0.1, 0.15) is 32.0 Å². The molecule has 1 heterocycles. The Balaban J connectivity index is 1.38. The van der Waals surface area contributed by atoms with Crippen molar-refractivity contribution < 1.29 is 23.8 Å². The van der Waals surface area contributed by atoms with Crippen LogP contribution in [0.3, 0.4) is 0 Å².